The maximum atomic E-state index is 13.5. The summed E-state index contributed by atoms with van der Waals surface area (Å²) < 4.78 is 49.1. The minimum Gasteiger partial charge on any atom is -0.397 e. The molecular weight excluding hydrogens is 288 g/mol. The third-order valence-electron chi connectivity index (χ3n) is 2.55. The molecule has 0 fully saturated rings. The highest BCUT2D eigenvalue weighted by Crippen LogP contribution is 2.27. The first-order chi connectivity index (χ1) is 9.27. The quantitative estimate of drug-likeness (QED) is 0.754. The third-order valence-corrected chi connectivity index (χ3v) is 3.46. The van der Waals surface area contributed by atoms with Crippen LogP contribution in [0.4, 0.5) is 25.8 Å². The number of hydrogen-bond donors (Lipinski definition) is 3. The maximum absolute atomic E-state index is 13.5. The standard InChI is InChI=1S/C12H11F2N3O2S/c13-7-1-3-9(14)11(5-7)17-12-6-8(20(16,18)19)2-4-10(12)15/h1-6,17H,15H2,(H2,16,18,19). The number of sulfonamides is 1. The molecule has 106 valence electrons. The van der Waals surface area contributed by atoms with Crippen LogP contribution in [0.25, 0.3) is 0 Å². The van der Waals surface area contributed by atoms with Gasteiger partial charge in [-0.25, -0.2) is 22.3 Å². The first kappa shape index (κ1) is 14.2. The summed E-state index contributed by atoms with van der Waals surface area (Å²) in [5.74, 6) is -1.35. The number of halogens is 2. The number of primary sulfonamides is 1. The maximum Gasteiger partial charge on any atom is 0.238 e. The van der Waals surface area contributed by atoms with E-state index in [0.29, 0.717) is 0 Å². The van der Waals surface area contributed by atoms with Crippen LogP contribution in [0.1, 0.15) is 0 Å². The first-order valence-electron chi connectivity index (χ1n) is 5.42. The van der Waals surface area contributed by atoms with Crippen molar-refractivity contribution in [3.8, 4) is 0 Å². The van der Waals surface area contributed by atoms with Crippen molar-refractivity contribution < 1.29 is 17.2 Å². The van der Waals surface area contributed by atoms with Gasteiger partial charge in [0.15, 0.2) is 0 Å². The summed E-state index contributed by atoms with van der Waals surface area (Å²) in [4.78, 5) is -0.189. The summed E-state index contributed by atoms with van der Waals surface area (Å²) in [5.41, 5.74) is 5.77. The van der Waals surface area contributed by atoms with E-state index in [0.717, 1.165) is 24.3 Å². The fourth-order valence-electron chi connectivity index (χ4n) is 1.56. The van der Waals surface area contributed by atoms with E-state index in [-0.39, 0.29) is 22.0 Å². The summed E-state index contributed by atoms with van der Waals surface area (Å²) in [6.45, 7) is 0. The third kappa shape index (κ3) is 3.03. The number of benzene rings is 2. The summed E-state index contributed by atoms with van der Waals surface area (Å²) in [6, 6.07) is 6.51. The van der Waals surface area contributed by atoms with Gasteiger partial charge in [-0.3, -0.25) is 0 Å². The van der Waals surface area contributed by atoms with E-state index < -0.39 is 21.7 Å². The van der Waals surface area contributed by atoms with E-state index in [1.165, 1.54) is 12.1 Å². The predicted octanol–water partition coefficient (Wildman–Crippen LogP) is 1.94. The Morgan fingerprint density at radius 1 is 1.00 bits per heavy atom. The SMILES string of the molecule is Nc1ccc(S(N)(=O)=O)cc1Nc1cc(F)ccc1F. The second kappa shape index (κ2) is 5.06. The number of nitrogen functional groups attached to an aromatic ring is 1. The molecule has 0 saturated carbocycles. The Morgan fingerprint density at radius 2 is 1.70 bits per heavy atom. The number of nitrogens with two attached hydrogens (primary N) is 2. The van der Waals surface area contributed by atoms with Gasteiger partial charge in [-0.15, -0.1) is 0 Å². The van der Waals surface area contributed by atoms with Gasteiger partial charge in [0.2, 0.25) is 10.0 Å². The molecule has 0 aliphatic heterocycles. The zero-order valence-electron chi connectivity index (χ0n) is 10.1. The minimum atomic E-state index is -3.92. The van der Waals surface area contributed by atoms with Gasteiger partial charge in [0, 0.05) is 6.07 Å². The number of rotatable bonds is 3. The molecule has 2 rings (SSSR count). The molecule has 2 aromatic carbocycles. The van der Waals surface area contributed by atoms with Crippen molar-refractivity contribution in [1.29, 1.82) is 0 Å². The lowest BCUT2D eigenvalue weighted by molar-refractivity contribution is 0.598. The van der Waals surface area contributed by atoms with Crippen LogP contribution in [0.2, 0.25) is 0 Å². The zero-order valence-corrected chi connectivity index (χ0v) is 10.9. The lowest BCUT2D eigenvalue weighted by atomic mass is 10.2. The van der Waals surface area contributed by atoms with E-state index in [4.69, 9.17) is 10.9 Å². The molecule has 8 heteroatoms. The van der Waals surface area contributed by atoms with Gasteiger partial charge >= 0.3 is 0 Å². The molecular formula is C12H11F2N3O2S. The lowest BCUT2D eigenvalue weighted by Gasteiger charge is -2.11. The number of hydrogen-bond acceptors (Lipinski definition) is 4. The van der Waals surface area contributed by atoms with Gasteiger partial charge in [-0.05, 0) is 30.3 Å². The Hall–Kier alpha value is -2.19. The second-order valence-electron chi connectivity index (χ2n) is 4.04. The molecule has 0 unspecified atom stereocenters. The highest BCUT2D eigenvalue weighted by Gasteiger charge is 2.12. The highest BCUT2D eigenvalue weighted by atomic mass is 32.2. The molecule has 0 radical (unpaired) electrons. The van der Waals surface area contributed by atoms with E-state index in [1.54, 1.807) is 0 Å². The van der Waals surface area contributed by atoms with Crippen molar-refractivity contribution in [3.63, 3.8) is 0 Å². The lowest BCUT2D eigenvalue weighted by Crippen LogP contribution is -2.12. The van der Waals surface area contributed by atoms with Crippen LogP contribution < -0.4 is 16.2 Å². The van der Waals surface area contributed by atoms with Crippen LogP contribution in [-0.4, -0.2) is 8.42 Å². The largest absolute Gasteiger partial charge is 0.397 e. The molecule has 0 spiro atoms. The first-order valence-corrected chi connectivity index (χ1v) is 6.96. The Balaban J connectivity index is 2.45. The molecule has 0 saturated heterocycles. The normalized spacial score (nSPS) is 11.3. The molecule has 0 atom stereocenters. The van der Waals surface area contributed by atoms with Gasteiger partial charge in [0.25, 0.3) is 0 Å². The van der Waals surface area contributed by atoms with Crippen LogP contribution in [0.15, 0.2) is 41.3 Å². The van der Waals surface area contributed by atoms with Crippen molar-refractivity contribution in [2.45, 2.75) is 4.90 Å². The zero-order chi connectivity index (χ0) is 14.9. The molecule has 0 aromatic heterocycles. The Morgan fingerprint density at radius 3 is 2.35 bits per heavy atom. The Labute approximate surface area is 114 Å². The van der Waals surface area contributed by atoms with Crippen LogP contribution in [0, 0.1) is 11.6 Å². The van der Waals surface area contributed by atoms with Crippen molar-refractivity contribution in [1.82, 2.24) is 0 Å². The van der Waals surface area contributed by atoms with Crippen molar-refractivity contribution in [3.05, 3.63) is 48.0 Å². The average molecular weight is 299 g/mol. The van der Waals surface area contributed by atoms with Gasteiger partial charge in [-0.2, -0.15) is 0 Å². The number of nitrogens with one attached hydrogen (secondary N) is 1. The Bertz CT molecular complexity index is 763. The molecule has 2 aromatic rings. The van der Waals surface area contributed by atoms with E-state index in [9.17, 15) is 17.2 Å². The molecule has 5 nitrogen and oxygen atoms in total. The summed E-state index contributed by atoms with van der Waals surface area (Å²) in [6.07, 6.45) is 0. The average Bonchev–Trinajstić information content (AvgIpc) is 2.35. The van der Waals surface area contributed by atoms with Crippen molar-refractivity contribution >= 4 is 27.1 Å². The Kier molecular flexibility index (Phi) is 3.60. The number of anilines is 3. The molecule has 5 N–H and O–H groups in total. The van der Waals surface area contributed by atoms with Crippen LogP contribution in [-0.2, 0) is 10.0 Å². The van der Waals surface area contributed by atoms with Crippen LogP contribution in [0.3, 0.4) is 0 Å². The minimum absolute atomic E-state index is 0.112. The van der Waals surface area contributed by atoms with E-state index in [1.807, 2.05) is 0 Å². The van der Waals surface area contributed by atoms with Gasteiger partial charge < -0.3 is 11.1 Å². The fraction of sp³-hybridized carbons (Fsp3) is 0. The summed E-state index contributed by atoms with van der Waals surface area (Å²) >= 11 is 0. The van der Waals surface area contributed by atoms with Crippen molar-refractivity contribution in [2.75, 3.05) is 11.1 Å². The molecule has 0 bridgehead atoms. The molecule has 0 heterocycles. The van der Waals surface area contributed by atoms with Gasteiger partial charge in [-0.1, -0.05) is 0 Å². The molecule has 0 amide bonds. The van der Waals surface area contributed by atoms with E-state index in [2.05, 4.69) is 5.32 Å². The van der Waals surface area contributed by atoms with Crippen molar-refractivity contribution in [2.24, 2.45) is 5.14 Å². The van der Waals surface area contributed by atoms with Crippen LogP contribution in [0.5, 0.6) is 0 Å². The molecule has 0 aliphatic rings. The second-order valence-corrected chi connectivity index (χ2v) is 5.60. The van der Waals surface area contributed by atoms with Crippen LogP contribution >= 0.6 is 0 Å². The topological polar surface area (TPSA) is 98.2 Å². The molecule has 0 aliphatic carbocycles. The smallest absolute Gasteiger partial charge is 0.238 e. The monoisotopic (exact) mass is 299 g/mol. The van der Waals surface area contributed by atoms with Gasteiger partial charge in [0.05, 0.1) is 22.0 Å². The fourth-order valence-corrected chi connectivity index (χ4v) is 2.10. The summed E-state index contributed by atoms with van der Waals surface area (Å²) in [7, 11) is -3.92. The van der Waals surface area contributed by atoms with E-state index >= 15 is 0 Å². The predicted molar refractivity (Wildman–Crippen MR) is 71.9 cm³/mol. The highest BCUT2D eigenvalue weighted by molar-refractivity contribution is 7.89. The van der Waals surface area contributed by atoms with Gasteiger partial charge in [0.1, 0.15) is 11.6 Å². The summed E-state index contributed by atoms with van der Waals surface area (Å²) in [5, 5.41) is 7.53. The molecule has 20 heavy (non-hydrogen) atoms.